The third-order valence-electron chi connectivity index (χ3n) is 2.48. The molecule has 15 heavy (non-hydrogen) atoms. The van der Waals surface area contributed by atoms with Crippen LogP contribution in [0, 0.1) is 0 Å². The summed E-state index contributed by atoms with van der Waals surface area (Å²) in [5.41, 5.74) is -0.186. The Morgan fingerprint density at radius 1 is 1.87 bits per heavy atom. The lowest BCUT2D eigenvalue weighted by Crippen LogP contribution is -2.57. The molecule has 0 bridgehead atoms. The maximum Gasteiger partial charge on any atom is 0.324 e. The van der Waals surface area contributed by atoms with E-state index < -0.39 is 0 Å². The summed E-state index contributed by atoms with van der Waals surface area (Å²) in [6, 6.07) is -0.286. The second-order valence-corrected chi connectivity index (χ2v) is 3.94. The van der Waals surface area contributed by atoms with Crippen LogP contribution in [-0.2, 0) is 9.53 Å². The number of hydrogen-bond acceptors (Lipinski definition) is 4. The van der Waals surface area contributed by atoms with Crippen LogP contribution in [0.5, 0.6) is 0 Å². The van der Waals surface area contributed by atoms with Crippen molar-refractivity contribution in [1.29, 1.82) is 0 Å². The molecule has 1 N–H and O–H groups in total. The Morgan fingerprint density at radius 2 is 2.60 bits per heavy atom. The molecule has 0 aliphatic carbocycles. The van der Waals surface area contributed by atoms with Crippen molar-refractivity contribution < 1.29 is 9.53 Å². The fourth-order valence-corrected chi connectivity index (χ4v) is 2.04. The van der Waals surface area contributed by atoms with Gasteiger partial charge in [-0.25, -0.2) is 0 Å². The fourth-order valence-electron chi connectivity index (χ4n) is 1.68. The average molecular weight is 233 g/mol. The highest BCUT2D eigenvalue weighted by Crippen LogP contribution is 2.16. The van der Waals surface area contributed by atoms with Crippen LogP contribution in [0.3, 0.4) is 0 Å². The van der Waals surface area contributed by atoms with Gasteiger partial charge in [-0.1, -0.05) is 6.08 Å². The lowest BCUT2D eigenvalue weighted by atomic mass is 10.2. The highest BCUT2D eigenvalue weighted by molar-refractivity contribution is 6.20. The molecule has 0 aromatic rings. The molecule has 0 spiro atoms. The topological polar surface area (TPSA) is 41.6 Å². The van der Waals surface area contributed by atoms with Gasteiger partial charge < -0.3 is 10.1 Å². The summed E-state index contributed by atoms with van der Waals surface area (Å²) >= 11 is 6.17. The number of piperazine rings is 1. The van der Waals surface area contributed by atoms with Crippen LogP contribution in [-0.4, -0.2) is 49.2 Å². The molecule has 0 aromatic heterocycles. The fraction of sp³-hybridized carbons (Fsp3) is 0.700. The van der Waals surface area contributed by atoms with Crippen molar-refractivity contribution in [3.63, 3.8) is 0 Å². The van der Waals surface area contributed by atoms with Crippen molar-refractivity contribution in [3.05, 3.63) is 12.7 Å². The minimum Gasteiger partial charge on any atom is -0.468 e. The van der Waals surface area contributed by atoms with E-state index in [-0.39, 0.29) is 17.5 Å². The highest BCUT2D eigenvalue weighted by Gasteiger charge is 2.32. The first kappa shape index (κ1) is 12.5. The van der Waals surface area contributed by atoms with Gasteiger partial charge in [0.15, 0.2) is 0 Å². The number of methoxy groups -OCH3 is 1. The van der Waals surface area contributed by atoms with Crippen molar-refractivity contribution in [2.24, 2.45) is 0 Å². The summed E-state index contributed by atoms with van der Waals surface area (Å²) in [6.45, 7) is 5.83. The molecule has 2 atom stereocenters. The molecule has 1 heterocycles. The van der Waals surface area contributed by atoms with Gasteiger partial charge in [0.1, 0.15) is 6.04 Å². The molecular formula is C10H17ClN2O2. The van der Waals surface area contributed by atoms with E-state index in [1.807, 2.05) is 4.90 Å². The normalized spacial score (nSPS) is 24.5. The zero-order valence-corrected chi connectivity index (χ0v) is 9.67. The van der Waals surface area contributed by atoms with Gasteiger partial charge in [-0.3, -0.25) is 9.69 Å². The molecular weight excluding hydrogens is 216 g/mol. The molecule has 0 amide bonds. The number of carbonyl (C=O) groups is 1. The van der Waals surface area contributed by atoms with E-state index in [1.165, 1.54) is 7.11 Å². The number of carbonyl (C=O) groups excluding carboxylic acids is 1. The third-order valence-corrected chi connectivity index (χ3v) is 2.91. The van der Waals surface area contributed by atoms with Crippen LogP contribution in [0.2, 0.25) is 0 Å². The monoisotopic (exact) mass is 232 g/mol. The third kappa shape index (κ3) is 3.19. The molecule has 0 radical (unpaired) electrons. The van der Waals surface area contributed by atoms with E-state index in [1.54, 1.807) is 6.08 Å². The molecule has 1 unspecified atom stereocenters. The van der Waals surface area contributed by atoms with Gasteiger partial charge in [0.25, 0.3) is 0 Å². The van der Waals surface area contributed by atoms with E-state index >= 15 is 0 Å². The van der Waals surface area contributed by atoms with Crippen molar-refractivity contribution in [3.8, 4) is 0 Å². The van der Waals surface area contributed by atoms with Gasteiger partial charge >= 0.3 is 5.97 Å². The molecule has 0 aromatic carbocycles. The largest absolute Gasteiger partial charge is 0.468 e. The second kappa shape index (κ2) is 6.10. The van der Waals surface area contributed by atoms with Crippen LogP contribution in [0.15, 0.2) is 12.7 Å². The van der Waals surface area contributed by atoms with Crippen molar-refractivity contribution in [1.82, 2.24) is 10.2 Å². The summed E-state index contributed by atoms with van der Waals surface area (Å²) < 4.78 is 4.74. The first-order chi connectivity index (χ1) is 7.20. The number of esters is 1. The van der Waals surface area contributed by atoms with Crippen LogP contribution in [0.1, 0.15) is 6.42 Å². The Hall–Kier alpha value is -0.580. The van der Waals surface area contributed by atoms with Crippen LogP contribution >= 0.6 is 11.6 Å². The number of alkyl halides is 1. The van der Waals surface area contributed by atoms with E-state index in [0.717, 1.165) is 13.1 Å². The summed E-state index contributed by atoms with van der Waals surface area (Å²) in [4.78, 5) is 13.4. The standard InChI is InChI=1S/C10H17ClN2O2/c1-3-4-9(11)13-6-5-12-7-8(13)10(14)15-2/h3,8-9,12H,1,4-7H2,2H3/t8-,9?/m1/s1. The van der Waals surface area contributed by atoms with E-state index in [0.29, 0.717) is 13.0 Å². The first-order valence-corrected chi connectivity index (χ1v) is 5.43. The van der Waals surface area contributed by atoms with Crippen molar-refractivity contribution in [2.75, 3.05) is 26.7 Å². The lowest BCUT2D eigenvalue weighted by molar-refractivity contribution is -0.148. The first-order valence-electron chi connectivity index (χ1n) is 5.00. The van der Waals surface area contributed by atoms with Gasteiger partial charge in [0, 0.05) is 19.6 Å². The Morgan fingerprint density at radius 3 is 3.20 bits per heavy atom. The summed E-state index contributed by atoms with van der Waals surface area (Å²) in [7, 11) is 1.39. The van der Waals surface area contributed by atoms with Gasteiger partial charge in [-0.15, -0.1) is 18.2 Å². The lowest BCUT2D eigenvalue weighted by Gasteiger charge is -2.36. The number of rotatable bonds is 4. The van der Waals surface area contributed by atoms with Gasteiger partial charge in [0.05, 0.1) is 12.6 Å². The Kier molecular flexibility index (Phi) is 5.08. The predicted octanol–water partition coefficient (Wildman–Crippen LogP) is 0.574. The van der Waals surface area contributed by atoms with Gasteiger partial charge in [-0.2, -0.15) is 0 Å². The molecule has 1 aliphatic heterocycles. The van der Waals surface area contributed by atoms with E-state index in [4.69, 9.17) is 16.3 Å². The van der Waals surface area contributed by atoms with E-state index in [9.17, 15) is 4.79 Å². The van der Waals surface area contributed by atoms with Crippen molar-refractivity contribution >= 4 is 17.6 Å². The Bertz CT molecular complexity index is 235. The number of halogens is 1. The average Bonchev–Trinajstić information content (AvgIpc) is 2.28. The number of nitrogens with one attached hydrogen (secondary N) is 1. The molecule has 86 valence electrons. The van der Waals surface area contributed by atoms with Crippen molar-refractivity contribution in [2.45, 2.75) is 18.0 Å². The summed E-state index contributed by atoms with van der Waals surface area (Å²) in [6.07, 6.45) is 2.42. The highest BCUT2D eigenvalue weighted by atomic mass is 35.5. The molecule has 1 rings (SSSR count). The molecule has 1 aliphatic rings. The molecule has 1 saturated heterocycles. The zero-order chi connectivity index (χ0) is 11.3. The smallest absolute Gasteiger partial charge is 0.324 e. The number of hydrogen-bond donors (Lipinski definition) is 1. The van der Waals surface area contributed by atoms with Crippen LogP contribution in [0.25, 0.3) is 0 Å². The summed E-state index contributed by atoms with van der Waals surface area (Å²) in [5.74, 6) is -0.239. The Labute approximate surface area is 95.2 Å². The van der Waals surface area contributed by atoms with Gasteiger partial charge in [0.2, 0.25) is 0 Å². The predicted molar refractivity (Wildman–Crippen MR) is 59.8 cm³/mol. The van der Waals surface area contributed by atoms with Gasteiger partial charge in [-0.05, 0) is 6.42 Å². The zero-order valence-electron chi connectivity index (χ0n) is 8.91. The molecule has 5 heteroatoms. The SMILES string of the molecule is C=CCC(Cl)N1CCNC[C@@H]1C(=O)OC. The molecule has 0 saturated carbocycles. The molecule has 1 fully saturated rings. The number of nitrogens with zero attached hydrogens (tertiary/aromatic N) is 1. The van der Waals surface area contributed by atoms with Crippen LogP contribution in [0.4, 0.5) is 0 Å². The number of ether oxygens (including phenoxy) is 1. The maximum absolute atomic E-state index is 11.5. The minimum absolute atomic E-state index is 0.186. The van der Waals surface area contributed by atoms with Crippen LogP contribution < -0.4 is 5.32 Å². The molecule has 4 nitrogen and oxygen atoms in total. The maximum atomic E-state index is 11.5. The minimum atomic E-state index is -0.286. The second-order valence-electron chi connectivity index (χ2n) is 3.44. The van der Waals surface area contributed by atoms with E-state index in [2.05, 4.69) is 11.9 Å². The summed E-state index contributed by atoms with van der Waals surface area (Å²) in [5, 5.41) is 3.15. The Balaban J connectivity index is 2.64. The quantitative estimate of drug-likeness (QED) is 0.333.